The molecule has 1 N–H and O–H groups in total. The van der Waals surface area contributed by atoms with Crippen molar-refractivity contribution in [2.75, 3.05) is 0 Å². The predicted molar refractivity (Wildman–Crippen MR) is 84.4 cm³/mol. The Morgan fingerprint density at radius 3 is 2.79 bits per heavy atom. The minimum absolute atomic E-state index is 0.0428. The molecule has 0 unspecified atom stereocenters. The summed E-state index contributed by atoms with van der Waals surface area (Å²) in [7, 11) is 0. The third-order valence-corrected chi connectivity index (χ3v) is 5.33. The lowest BCUT2D eigenvalue weighted by Gasteiger charge is -2.05. The number of halogens is 2. The number of hydrogen-bond acceptors (Lipinski definition) is 4. The summed E-state index contributed by atoms with van der Waals surface area (Å²) in [4.78, 5) is 28.8. The molecule has 0 radical (unpaired) electrons. The molecule has 5 nitrogen and oxygen atoms in total. The van der Waals surface area contributed by atoms with E-state index in [-0.39, 0.29) is 27.2 Å². The van der Waals surface area contributed by atoms with Gasteiger partial charge in [0.25, 0.3) is 0 Å². The Kier molecular flexibility index (Phi) is 2.45. The summed E-state index contributed by atoms with van der Waals surface area (Å²) in [6, 6.07) is 0.838. The minimum Gasteiger partial charge on any atom is -0.477 e. The molecular formula is C16H8F2N2O3S. The standard InChI is InChI=1S/C16H8F2N2O3S/c17-7-3-6-13-9(11(7)18)12(19-5-1-2-5)8-4-24-15(20(8)13)10(14(6)21)16(22)23/h3-5H,1-2H2,(H,22,23). The van der Waals surface area contributed by atoms with Crippen LogP contribution in [0.2, 0.25) is 0 Å². The number of rotatable bonds is 2. The van der Waals surface area contributed by atoms with Crippen molar-refractivity contribution in [1.29, 1.82) is 0 Å². The summed E-state index contributed by atoms with van der Waals surface area (Å²) in [5.41, 5.74) is -0.523. The maximum Gasteiger partial charge on any atom is 0.342 e. The van der Waals surface area contributed by atoms with Crippen molar-refractivity contribution < 1.29 is 18.7 Å². The van der Waals surface area contributed by atoms with E-state index in [1.165, 1.54) is 4.40 Å². The summed E-state index contributed by atoms with van der Waals surface area (Å²) in [5, 5.41) is 11.1. The summed E-state index contributed by atoms with van der Waals surface area (Å²) in [6.45, 7) is 0. The number of pyridine rings is 1. The maximum absolute atomic E-state index is 14.5. The van der Waals surface area contributed by atoms with Gasteiger partial charge in [0.1, 0.15) is 10.4 Å². The van der Waals surface area contributed by atoms with Crippen molar-refractivity contribution >= 4 is 43.9 Å². The molecular weight excluding hydrogens is 338 g/mol. The number of aromatic nitrogens is 1. The van der Waals surface area contributed by atoms with Crippen molar-refractivity contribution in [3.05, 3.63) is 44.2 Å². The Hall–Kier alpha value is -2.61. The van der Waals surface area contributed by atoms with Crippen LogP contribution in [0.25, 0.3) is 26.6 Å². The molecule has 8 heteroatoms. The van der Waals surface area contributed by atoms with E-state index in [9.17, 15) is 23.5 Å². The van der Waals surface area contributed by atoms with E-state index in [0.29, 0.717) is 10.9 Å². The number of thiazole rings is 1. The zero-order chi connectivity index (χ0) is 16.7. The van der Waals surface area contributed by atoms with Crippen LogP contribution < -0.4 is 10.8 Å². The van der Waals surface area contributed by atoms with Gasteiger partial charge in [-0.05, 0) is 18.9 Å². The number of nitrogens with zero attached hydrogens (tertiary/aromatic N) is 2. The molecule has 0 spiro atoms. The Bertz CT molecular complexity index is 1290. The Labute approximate surface area is 135 Å². The molecule has 0 atom stereocenters. The van der Waals surface area contributed by atoms with Crippen LogP contribution in [0.4, 0.5) is 8.78 Å². The van der Waals surface area contributed by atoms with E-state index in [0.717, 1.165) is 30.2 Å². The second-order valence-corrected chi connectivity index (χ2v) is 6.78. The first kappa shape index (κ1) is 13.8. The average Bonchev–Trinajstić information content (AvgIpc) is 3.15. The molecule has 24 heavy (non-hydrogen) atoms. The van der Waals surface area contributed by atoms with Gasteiger partial charge in [-0.15, -0.1) is 11.3 Å². The van der Waals surface area contributed by atoms with Gasteiger partial charge in [0.15, 0.2) is 11.6 Å². The first-order valence-corrected chi connectivity index (χ1v) is 8.16. The van der Waals surface area contributed by atoms with Gasteiger partial charge in [-0.2, -0.15) is 0 Å². The van der Waals surface area contributed by atoms with Gasteiger partial charge in [-0.3, -0.25) is 14.2 Å². The third-order valence-electron chi connectivity index (χ3n) is 4.38. The second-order valence-electron chi connectivity index (χ2n) is 5.92. The molecule has 0 bridgehead atoms. The van der Waals surface area contributed by atoms with Crippen LogP contribution in [0.3, 0.4) is 0 Å². The lowest BCUT2D eigenvalue weighted by Crippen LogP contribution is -2.17. The summed E-state index contributed by atoms with van der Waals surface area (Å²) in [5.74, 6) is -3.62. The Balaban J connectivity index is 2.19. The van der Waals surface area contributed by atoms with Gasteiger partial charge in [0.05, 0.1) is 33.2 Å². The topological polar surface area (TPSA) is 71.1 Å². The van der Waals surface area contributed by atoms with Crippen molar-refractivity contribution in [3.63, 3.8) is 0 Å². The number of hydrogen-bond donors (Lipinski definition) is 1. The van der Waals surface area contributed by atoms with Crippen molar-refractivity contribution in [2.24, 2.45) is 4.99 Å². The lowest BCUT2D eigenvalue weighted by atomic mass is 10.1. The molecule has 5 rings (SSSR count). The molecule has 4 aromatic rings. The van der Waals surface area contributed by atoms with E-state index in [2.05, 4.69) is 4.99 Å². The summed E-state index contributed by atoms with van der Waals surface area (Å²) < 4.78 is 30.1. The second kappa shape index (κ2) is 4.27. The van der Waals surface area contributed by atoms with E-state index < -0.39 is 28.6 Å². The zero-order valence-electron chi connectivity index (χ0n) is 12.0. The Morgan fingerprint density at radius 1 is 1.38 bits per heavy atom. The predicted octanol–water partition coefficient (Wildman–Crippen LogP) is 2.58. The van der Waals surface area contributed by atoms with E-state index >= 15 is 0 Å². The van der Waals surface area contributed by atoms with E-state index in [1.54, 1.807) is 5.38 Å². The molecule has 120 valence electrons. The van der Waals surface area contributed by atoms with Crippen LogP contribution in [0.1, 0.15) is 23.2 Å². The molecule has 3 heterocycles. The van der Waals surface area contributed by atoms with Crippen LogP contribution in [0.5, 0.6) is 0 Å². The molecule has 0 amide bonds. The van der Waals surface area contributed by atoms with Crippen molar-refractivity contribution in [3.8, 4) is 0 Å². The van der Waals surface area contributed by atoms with Crippen LogP contribution in [-0.2, 0) is 0 Å². The summed E-state index contributed by atoms with van der Waals surface area (Å²) >= 11 is 1.09. The van der Waals surface area contributed by atoms with Crippen molar-refractivity contribution in [1.82, 2.24) is 4.40 Å². The van der Waals surface area contributed by atoms with Crippen LogP contribution in [0, 0.1) is 11.6 Å². The highest BCUT2D eigenvalue weighted by Crippen LogP contribution is 2.32. The molecule has 0 aliphatic heterocycles. The largest absolute Gasteiger partial charge is 0.477 e. The number of carbonyl (C=O) groups is 1. The fourth-order valence-corrected chi connectivity index (χ4v) is 4.22. The molecule has 1 aromatic carbocycles. The number of carboxylic acid groups (broad SMARTS) is 1. The quantitative estimate of drug-likeness (QED) is 0.606. The van der Waals surface area contributed by atoms with Gasteiger partial charge in [0, 0.05) is 5.38 Å². The molecule has 1 saturated carbocycles. The monoisotopic (exact) mass is 346 g/mol. The fourth-order valence-electron chi connectivity index (χ4n) is 3.18. The zero-order valence-corrected chi connectivity index (χ0v) is 12.8. The minimum atomic E-state index is -1.39. The van der Waals surface area contributed by atoms with Gasteiger partial charge >= 0.3 is 5.97 Å². The molecule has 1 aliphatic rings. The summed E-state index contributed by atoms with van der Waals surface area (Å²) in [6.07, 6.45) is 1.76. The highest BCUT2D eigenvalue weighted by atomic mass is 32.1. The first-order chi connectivity index (χ1) is 11.5. The van der Waals surface area contributed by atoms with Gasteiger partial charge in [0.2, 0.25) is 5.43 Å². The van der Waals surface area contributed by atoms with E-state index in [4.69, 9.17) is 0 Å². The smallest absolute Gasteiger partial charge is 0.342 e. The molecule has 1 fully saturated rings. The SMILES string of the molecule is O=C(O)c1c(=O)c2cc(F)c(F)c3c(=NC4CC4)c4csc1n4c23. The Morgan fingerprint density at radius 2 is 2.12 bits per heavy atom. The molecule has 3 aromatic heterocycles. The third kappa shape index (κ3) is 1.53. The van der Waals surface area contributed by atoms with Gasteiger partial charge in [-0.25, -0.2) is 13.6 Å². The van der Waals surface area contributed by atoms with Crippen molar-refractivity contribution in [2.45, 2.75) is 18.9 Å². The molecule has 0 saturated heterocycles. The highest BCUT2D eigenvalue weighted by Gasteiger charge is 2.29. The highest BCUT2D eigenvalue weighted by molar-refractivity contribution is 7.16. The van der Waals surface area contributed by atoms with Crippen LogP contribution in [-0.4, -0.2) is 21.5 Å². The van der Waals surface area contributed by atoms with E-state index in [1.807, 2.05) is 0 Å². The van der Waals surface area contributed by atoms with Crippen LogP contribution >= 0.6 is 11.3 Å². The molecule has 1 aliphatic carbocycles. The number of aromatic carboxylic acids is 1. The maximum atomic E-state index is 14.5. The number of benzene rings is 1. The number of carboxylic acids is 1. The lowest BCUT2D eigenvalue weighted by molar-refractivity contribution is 0.0697. The average molecular weight is 346 g/mol. The van der Waals surface area contributed by atoms with Crippen LogP contribution in [0.15, 0.2) is 21.2 Å². The first-order valence-electron chi connectivity index (χ1n) is 7.28. The normalized spacial score (nSPS) is 16.2. The van der Waals surface area contributed by atoms with Gasteiger partial charge in [-0.1, -0.05) is 0 Å². The fraction of sp³-hybridized carbons (Fsp3) is 0.188. The van der Waals surface area contributed by atoms with Gasteiger partial charge < -0.3 is 5.11 Å².